The second-order valence-corrected chi connectivity index (χ2v) is 6.87. The fraction of sp³-hybridized carbons (Fsp3) is 0.600. The highest BCUT2D eigenvalue weighted by molar-refractivity contribution is 9.10. The zero-order valence-corrected chi connectivity index (χ0v) is 13.2. The third-order valence-corrected chi connectivity index (χ3v) is 4.95. The summed E-state index contributed by atoms with van der Waals surface area (Å²) in [5, 5.41) is 0.676. The smallest absolute Gasteiger partial charge is 0.139 e. The summed E-state index contributed by atoms with van der Waals surface area (Å²) in [6, 6.07) is 5.74. The molecule has 0 amide bonds. The minimum atomic E-state index is 0.0847. The van der Waals surface area contributed by atoms with Crippen LogP contribution in [-0.4, -0.2) is 18.3 Å². The SMILES string of the molecule is Clc1ccc(Br)cc1OC1CCOC2(CCCC2)C1. The quantitative estimate of drug-likeness (QED) is 0.753. The fourth-order valence-corrected chi connectivity index (χ4v) is 3.70. The molecule has 3 rings (SSSR count). The molecule has 104 valence electrons. The van der Waals surface area contributed by atoms with Crippen LogP contribution in [0.25, 0.3) is 0 Å². The minimum Gasteiger partial charge on any atom is -0.489 e. The molecule has 2 aliphatic rings. The van der Waals surface area contributed by atoms with Crippen molar-refractivity contribution in [1.82, 2.24) is 0 Å². The van der Waals surface area contributed by atoms with Crippen LogP contribution in [-0.2, 0) is 4.74 Å². The lowest BCUT2D eigenvalue weighted by Gasteiger charge is -2.38. The molecular weight excluding hydrogens is 328 g/mol. The van der Waals surface area contributed by atoms with Crippen LogP contribution in [0.5, 0.6) is 5.75 Å². The molecular formula is C15H18BrClO2. The molecule has 2 fully saturated rings. The second kappa shape index (κ2) is 5.63. The van der Waals surface area contributed by atoms with E-state index in [-0.39, 0.29) is 11.7 Å². The number of benzene rings is 1. The molecule has 4 heteroatoms. The van der Waals surface area contributed by atoms with E-state index in [1.165, 1.54) is 25.7 Å². The summed E-state index contributed by atoms with van der Waals surface area (Å²) in [5.41, 5.74) is 0.0847. The van der Waals surface area contributed by atoms with Gasteiger partial charge in [0.2, 0.25) is 0 Å². The fourth-order valence-electron chi connectivity index (χ4n) is 3.20. The number of hydrogen-bond donors (Lipinski definition) is 0. The Morgan fingerprint density at radius 3 is 2.89 bits per heavy atom. The molecule has 1 atom stereocenters. The maximum atomic E-state index is 6.19. The Hall–Kier alpha value is -0.250. The Balaban J connectivity index is 1.70. The van der Waals surface area contributed by atoms with E-state index in [9.17, 15) is 0 Å². The molecule has 0 N–H and O–H groups in total. The van der Waals surface area contributed by atoms with Gasteiger partial charge in [0, 0.05) is 17.3 Å². The summed E-state index contributed by atoms with van der Waals surface area (Å²) in [5.74, 6) is 0.774. The largest absolute Gasteiger partial charge is 0.489 e. The van der Waals surface area contributed by atoms with Gasteiger partial charge in [-0.25, -0.2) is 0 Å². The lowest BCUT2D eigenvalue weighted by molar-refractivity contribution is -0.108. The lowest BCUT2D eigenvalue weighted by Crippen LogP contribution is -2.41. The van der Waals surface area contributed by atoms with E-state index in [0.717, 1.165) is 29.7 Å². The molecule has 1 aliphatic heterocycles. The Morgan fingerprint density at radius 2 is 2.11 bits per heavy atom. The molecule has 1 heterocycles. The van der Waals surface area contributed by atoms with Crippen LogP contribution in [0.2, 0.25) is 5.02 Å². The summed E-state index contributed by atoms with van der Waals surface area (Å²) in [7, 11) is 0. The summed E-state index contributed by atoms with van der Waals surface area (Å²) in [6.07, 6.45) is 7.09. The van der Waals surface area contributed by atoms with E-state index < -0.39 is 0 Å². The number of halogens is 2. The molecule has 1 unspecified atom stereocenters. The van der Waals surface area contributed by atoms with E-state index in [1.54, 1.807) is 0 Å². The van der Waals surface area contributed by atoms with E-state index in [1.807, 2.05) is 18.2 Å². The van der Waals surface area contributed by atoms with Gasteiger partial charge in [0.25, 0.3) is 0 Å². The third kappa shape index (κ3) is 3.09. The van der Waals surface area contributed by atoms with Crippen molar-refractivity contribution in [2.24, 2.45) is 0 Å². The molecule has 19 heavy (non-hydrogen) atoms. The molecule has 0 bridgehead atoms. The maximum absolute atomic E-state index is 6.19. The first kappa shape index (κ1) is 13.7. The molecule has 1 saturated carbocycles. The van der Waals surface area contributed by atoms with Crippen LogP contribution in [0, 0.1) is 0 Å². The van der Waals surface area contributed by atoms with Crippen molar-refractivity contribution in [2.75, 3.05) is 6.61 Å². The number of rotatable bonds is 2. The molecule has 1 aromatic carbocycles. The molecule has 0 radical (unpaired) electrons. The zero-order valence-electron chi connectivity index (χ0n) is 10.8. The molecule has 1 saturated heterocycles. The third-order valence-electron chi connectivity index (χ3n) is 4.15. The van der Waals surface area contributed by atoms with Gasteiger partial charge in [0.05, 0.1) is 17.2 Å². The zero-order chi connectivity index (χ0) is 13.3. The monoisotopic (exact) mass is 344 g/mol. The minimum absolute atomic E-state index is 0.0847. The van der Waals surface area contributed by atoms with Gasteiger partial charge in [-0.1, -0.05) is 40.4 Å². The first-order valence-corrected chi connectivity index (χ1v) is 8.10. The summed E-state index contributed by atoms with van der Waals surface area (Å²) >= 11 is 9.65. The van der Waals surface area contributed by atoms with Crippen LogP contribution in [0.4, 0.5) is 0 Å². The van der Waals surface area contributed by atoms with Gasteiger partial charge in [-0.05, 0) is 31.0 Å². The van der Waals surface area contributed by atoms with Crippen molar-refractivity contribution < 1.29 is 9.47 Å². The topological polar surface area (TPSA) is 18.5 Å². The average molecular weight is 346 g/mol. The normalized spacial score (nSPS) is 25.7. The van der Waals surface area contributed by atoms with Crippen LogP contribution >= 0.6 is 27.5 Å². The van der Waals surface area contributed by atoms with Crippen LogP contribution < -0.4 is 4.74 Å². The average Bonchev–Trinajstić information content (AvgIpc) is 2.82. The predicted octanol–water partition coefficient (Wildman–Crippen LogP) is 4.97. The van der Waals surface area contributed by atoms with Crippen LogP contribution in [0.3, 0.4) is 0 Å². The van der Waals surface area contributed by atoms with E-state index in [4.69, 9.17) is 21.1 Å². The molecule has 2 nitrogen and oxygen atoms in total. The van der Waals surface area contributed by atoms with Gasteiger partial charge < -0.3 is 9.47 Å². The van der Waals surface area contributed by atoms with Crippen LogP contribution in [0.1, 0.15) is 38.5 Å². The summed E-state index contributed by atoms with van der Waals surface area (Å²) < 4.78 is 13.1. The Bertz CT molecular complexity index is 457. The van der Waals surface area contributed by atoms with Gasteiger partial charge in [-0.15, -0.1) is 0 Å². The first-order chi connectivity index (χ1) is 9.17. The van der Waals surface area contributed by atoms with Gasteiger partial charge in [-0.2, -0.15) is 0 Å². The van der Waals surface area contributed by atoms with Crippen molar-refractivity contribution in [3.8, 4) is 5.75 Å². The standard InChI is InChI=1S/C15H18BrClO2/c16-11-3-4-13(17)14(9-11)19-12-5-8-18-15(10-12)6-1-2-7-15/h3-4,9,12H,1-2,5-8,10H2. The van der Waals surface area contributed by atoms with E-state index >= 15 is 0 Å². The van der Waals surface area contributed by atoms with Gasteiger partial charge >= 0.3 is 0 Å². The highest BCUT2D eigenvalue weighted by Crippen LogP contribution is 2.41. The van der Waals surface area contributed by atoms with Gasteiger partial charge in [0.1, 0.15) is 11.9 Å². The molecule has 0 aromatic heterocycles. The van der Waals surface area contributed by atoms with Crippen molar-refractivity contribution >= 4 is 27.5 Å². The Labute approximate surface area is 127 Å². The molecule has 1 spiro atoms. The van der Waals surface area contributed by atoms with Crippen LogP contribution in [0.15, 0.2) is 22.7 Å². The maximum Gasteiger partial charge on any atom is 0.139 e. The molecule has 1 aliphatic carbocycles. The summed E-state index contributed by atoms with van der Waals surface area (Å²) in [4.78, 5) is 0. The highest BCUT2D eigenvalue weighted by Gasteiger charge is 2.40. The second-order valence-electron chi connectivity index (χ2n) is 5.55. The Kier molecular flexibility index (Phi) is 4.06. The van der Waals surface area contributed by atoms with E-state index in [2.05, 4.69) is 15.9 Å². The first-order valence-electron chi connectivity index (χ1n) is 6.93. The lowest BCUT2D eigenvalue weighted by atomic mass is 9.90. The van der Waals surface area contributed by atoms with Crippen molar-refractivity contribution in [2.45, 2.75) is 50.2 Å². The van der Waals surface area contributed by atoms with E-state index in [0.29, 0.717) is 5.02 Å². The van der Waals surface area contributed by atoms with Crippen molar-refractivity contribution in [3.63, 3.8) is 0 Å². The highest BCUT2D eigenvalue weighted by atomic mass is 79.9. The van der Waals surface area contributed by atoms with Crippen molar-refractivity contribution in [3.05, 3.63) is 27.7 Å². The number of hydrogen-bond acceptors (Lipinski definition) is 2. The predicted molar refractivity (Wildman–Crippen MR) is 80.0 cm³/mol. The van der Waals surface area contributed by atoms with Crippen molar-refractivity contribution in [1.29, 1.82) is 0 Å². The number of ether oxygens (including phenoxy) is 2. The molecule has 1 aromatic rings. The Morgan fingerprint density at radius 1 is 1.32 bits per heavy atom. The van der Waals surface area contributed by atoms with Gasteiger partial charge in [-0.3, -0.25) is 0 Å². The summed E-state index contributed by atoms with van der Waals surface area (Å²) in [6.45, 7) is 0.802. The van der Waals surface area contributed by atoms with Gasteiger partial charge in [0.15, 0.2) is 0 Å².